The van der Waals surface area contributed by atoms with Gasteiger partial charge in [-0.3, -0.25) is 0 Å². The van der Waals surface area contributed by atoms with Gasteiger partial charge in [-0.2, -0.15) is 17.0 Å². The Morgan fingerprint density at radius 2 is 2.14 bits per heavy atom. The molecule has 0 aliphatic carbocycles. The smallest absolute Gasteiger partial charge is 0.282 e. The van der Waals surface area contributed by atoms with Gasteiger partial charge < -0.3 is 10.1 Å². The van der Waals surface area contributed by atoms with Crippen LogP contribution in [0.5, 0.6) is 0 Å². The Bertz CT molecular complexity index is 387. The van der Waals surface area contributed by atoms with Gasteiger partial charge in [-0.25, -0.2) is 0 Å². The van der Waals surface area contributed by atoms with E-state index in [0.29, 0.717) is 44.7 Å². The normalized spacial score (nSPS) is 21.3. The van der Waals surface area contributed by atoms with Crippen LogP contribution in [0.4, 0.5) is 0 Å². The predicted octanol–water partition coefficient (Wildman–Crippen LogP) is 0.910. The zero-order chi connectivity index (χ0) is 15.9. The molecule has 1 aliphatic rings. The minimum Gasteiger partial charge on any atom is -0.383 e. The molecule has 1 rings (SSSR count). The van der Waals surface area contributed by atoms with Gasteiger partial charge in [0, 0.05) is 39.3 Å². The van der Waals surface area contributed by atoms with Gasteiger partial charge in [-0.05, 0) is 25.3 Å². The van der Waals surface area contributed by atoms with Crippen LogP contribution in [0, 0.1) is 5.92 Å². The van der Waals surface area contributed by atoms with E-state index in [1.54, 1.807) is 11.4 Å². The number of rotatable bonds is 9. The van der Waals surface area contributed by atoms with Crippen molar-refractivity contribution in [3.8, 4) is 0 Å². The van der Waals surface area contributed by atoms with Crippen LogP contribution in [0.15, 0.2) is 0 Å². The topological polar surface area (TPSA) is 61.9 Å². The summed E-state index contributed by atoms with van der Waals surface area (Å²) in [5.74, 6) is 0.400. The van der Waals surface area contributed by atoms with Crippen molar-refractivity contribution in [3.63, 3.8) is 0 Å². The summed E-state index contributed by atoms with van der Waals surface area (Å²) in [4.78, 5) is 0. The summed E-state index contributed by atoms with van der Waals surface area (Å²) in [5.41, 5.74) is 0. The van der Waals surface area contributed by atoms with Crippen molar-refractivity contribution in [2.45, 2.75) is 39.7 Å². The van der Waals surface area contributed by atoms with Gasteiger partial charge in [0.2, 0.25) is 0 Å². The lowest BCUT2D eigenvalue weighted by Gasteiger charge is -2.35. The molecule has 21 heavy (non-hydrogen) atoms. The molecule has 0 saturated carbocycles. The number of hydrogen-bond donors (Lipinski definition) is 1. The third kappa shape index (κ3) is 5.83. The lowest BCUT2D eigenvalue weighted by Crippen LogP contribution is -2.50. The number of likely N-dealkylation sites (N-methyl/N-ethyl adjacent to an activating group) is 1. The molecule has 0 spiro atoms. The van der Waals surface area contributed by atoms with Crippen LogP contribution in [-0.2, 0) is 14.9 Å². The number of nitrogens with one attached hydrogen (secondary N) is 1. The van der Waals surface area contributed by atoms with Crippen molar-refractivity contribution in [2.75, 3.05) is 46.4 Å². The summed E-state index contributed by atoms with van der Waals surface area (Å²) >= 11 is 0. The van der Waals surface area contributed by atoms with Crippen LogP contribution in [-0.4, -0.2) is 69.5 Å². The van der Waals surface area contributed by atoms with E-state index in [2.05, 4.69) is 19.2 Å². The standard InChI is InChI=1S/C14H31N3O3S/c1-5-16(9-10-20-4)21(18,19)17-8-6-7-14(12-17)11-15-13(2)3/h13-15H,5-12H2,1-4H3. The van der Waals surface area contributed by atoms with Crippen molar-refractivity contribution >= 4 is 10.2 Å². The van der Waals surface area contributed by atoms with E-state index in [-0.39, 0.29) is 0 Å². The second-order valence-electron chi connectivity index (χ2n) is 5.92. The van der Waals surface area contributed by atoms with Gasteiger partial charge in [-0.1, -0.05) is 20.8 Å². The molecule has 7 heteroatoms. The predicted molar refractivity (Wildman–Crippen MR) is 85.5 cm³/mol. The summed E-state index contributed by atoms with van der Waals surface area (Å²) in [6.45, 7) is 9.55. The van der Waals surface area contributed by atoms with E-state index >= 15 is 0 Å². The van der Waals surface area contributed by atoms with Crippen molar-refractivity contribution < 1.29 is 13.2 Å². The van der Waals surface area contributed by atoms with Crippen molar-refractivity contribution in [2.24, 2.45) is 5.92 Å². The van der Waals surface area contributed by atoms with E-state index in [4.69, 9.17) is 4.74 Å². The second-order valence-corrected chi connectivity index (χ2v) is 7.85. The summed E-state index contributed by atoms with van der Waals surface area (Å²) in [7, 11) is -1.77. The summed E-state index contributed by atoms with van der Waals surface area (Å²) in [6, 6.07) is 0.436. The SMILES string of the molecule is CCN(CCOC)S(=O)(=O)N1CCCC(CNC(C)C)C1. The third-order valence-corrected chi connectivity index (χ3v) is 5.92. The van der Waals surface area contributed by atoms with Gasteiger partial charge >= 0.3 is 0 Å². The molecule has 0 aromatic heterocycles. The van der Waals surface area contributed by atoms with E-state index in [1.165, 1.54) is 4.31 Å². The molecular formula is C14H31N3O3S. The van der Waals surface area contributed by atoms with Gasteiger partial charge in [0.25, 0.3) is 10.2 Å². The van der Waals surface area contributed by atoms with Crippen LogP contribution in [0.3, 0.4) is 0 Å². The highest BCUT2D eigenvalue weighted by Gasteiger charge is 2.32. The Labute approximate surface area is 130 Å². The highest BCUT2D eigenvalue weighted by molar-refractivity contribution is 7.86. The first kappa shape index (κ1) is 18.8. The minimum absolute atomic E-state index is 0.400. The minimum atomic E-state index is -3.36. The molecule has 0 aromatic carbocycles. The molecule has 126 valence electrons. The molecule has 0 bridgehead atoms. The molecule has 1 heterocycles. The third-order valence-electron chi connectivity index (χ3n) is 3.85. The van der Waals surface area contributed by atoms with Crippen molar-refractivity contribution in [3.05, 3.63) is 0 Å². The second kappa shape index (κ2) is 9.05. The van der Waals surface area contributed by atoms with Crippen LogP contribution in [0.25, 0.3) is 0 Å². The molecule has 0 aromatic rings. The Morgan fingerprint density at radius 1 is 1.43 bits per heavy atom. The Kier molecular flexibility index (Phi) is 8.12. The van der Waals surface area contributed by atoms with E-state index in [0.717, 1.165) is 19.4 Å². The molecule has 1 saturated heterocycles. The van der Waals surface area contributed by atoms with Crippen LogP contribution in [0.1, 0.15) is 33.6 Å². The van der Waals surface area contributed by atoms with Crippen molar-refractivity contribution in [1.29, 1.82) is 0 Å². The fraction of sp³-hybridized carbons (Fsp3) is 1.00. The highest BCUT2D eigenvalue weighted by Crippen LogP contribution is 2.20. The molecular weight excluding hydrogens is 290 g/mol. The van der Waals surface area contributed by atoms with Crippen LogP contribution in [0.2, 0.25) is 0 Å². The average molecular weight is 321 g/mol. The summed E-state index contributed by atoms with van der Waals surface area (Å²) in [6.07, 6.45) is 2.03. The van der Waals surface area contributed by atoms with Gasteiger partial charge in [-0.15, -0.1) is 0 Å². The maximum atomic E-state index is 12.7. The molecule has 0 radical (unpaired) electrons. The van der Waals surface area contributed by atoms with Gasteiger partial charge in [0.15, 0.2) is 0 Å². The van der Waals surface area contributed by atoms with E-state index < -0.39 is 10.2 Å². The maximum Gasteiger partial charge on any atom is 0.282 e. The first-order valence-electron chi connectivity index (χ1n) is 7.89. The van der Waals surface area contributed by atoms with Crippen LogP contribution < -0.4 is 5.32 Å². The lowest BCUT2D eigenvalue weighted by molar-refractivity contribution is 0.173. The van der Waals surface area contributed by atoms with Gasteiger partial charge in [0.1, 0.15) is 0 Å². The Balaban J connectivity index is 2.64. The summed E-state index contributed by atoms with van der Waals surface area (Å²) in [5, 5.41) is 3.41. The summed E-state index contributed by atoms with van der Waals surface area (Å²) < 4.78 is 33.5. The average Bonchev–Trinajstić information content (AvgIpc) is 2.46. The molecule has 1 fully saturated rings. The molecule has 1 aliphatic heterocycles. The largest absolute Gasteiger partial charge is 0.383 e. The highest BCUT2D eigenvalue weighted by atomic mass is 32.2. The number of methoxy groups -OCH3 is 1. The zero-order valence-corrected chi connectivity index (χ0v) is 14.7. The Hall–Kier alpha value is -0.210. The van der Waals surface area contributed by atoms with Crippen molar-refractivity contribution in [1.82, 2.24) is 13.9 Å². The quantitative estimate of drug-likeness (QED) is 0.686. The number of piperidine rings is 1. The molecule has 0 amide bonds. The zero-order valence-electron chi connectivity index (χ0n) is 13.8. The molecule has 1 unspecified atom stereocenters. The maximum absolute atomic E-state index is 12.7. The van der Waals surface area contributed by atoms with Gasteiger partial charge in [0.05, 0.1) is 6.61 Å². The van der Waals surface area contributed by atoms with E-state index in [9.17, 15) is 8.42 Å². The fourth-order valence-electron chi connectivity index (χ4n) is 2.60. The number of nitrogens with zero attached hydrogens (tertiary/aromatic N) is 2. The number of hydrogen-bond acceptors (Lipinski definition) is 4. The molecule has 1 N–H and O–H groups in total. The van der Waals surface area contributed by atoms with Crippen LogP contribution >= 0.6 is 0 Å². The number of ether oxygens (including phenoxy) is 1. The first-order valence-corrected chi connectivity index (χ1v) is 9.29. The lowest BCUT2D eigenvalue weighted by atomic mass is 9.99. The Morgan fingerprint density at radius 3 is 2.71 bits per heavy atom. The first-order chi connectivity index (χ1) is 9.91. The fourth-order valence-corrected chi connectivity index (χ4v) is 4.32. The van der Waals surface area contributed by atoms with E-state index in [1.807, 2.05) is 6.92 Å². The molecule has 6 nitrogen and oxygen atoms in total. The monoisotopic (exact) mass is 321 g/mol. The molecule has 1 atom stereocenters.